The molecule has 2 aromatic heterocycles. The van der Waals surface area contributed by atoms with Gasteiger partial charge in [0.25, 0.3) is 0 Å². The first-order valence-electron chi connectivity index (χ1n) is 10.5. The summed E-state index contributed by atoms with van der Waals surface area (Å²) in [5.41, 5.74) is 3.13. The van der Waals surface area contributed by atoms with Gasteiger partial charge in [-0.1, -0.05) is 42.3 Å². The van der Waals surface area contributed by atoms with Gasteiger partial charge < -0.3 is 5.32 Å². The van der Waals surface area contributed by atoms with Gasteiger partial charge >= 0.3 is 0 Å². The maximum Gasteiger partial charge on any atom is 0.230 e. The fourth-order valence-corrected chi connectivity index (χ4v) is 4.35. The van der Waals surface area contributed by atoms with E-state index in [2.05, 4.69) is 57.2 Å². The van der Waals surface area contributed by atoms with Crippen molar-refractivity contribution in [2.45, 2.75) is 57.3 Å². The largest absolute Gasteiger partial charge is 0.354 e. The molecule has 0 saturated heterocycles. The molecule has 2 heterocycles. The minimum atomic E-state index is -0.793. The first-order valence-corrected chi connectivity index (χ1v) is 10.5. The molecule has 1 fully saturated rings. The minimum Gasteiger partial charge on any atom is -0.354 e. The topological polar surface area (TPSA) is 83.1 Å². The maximum absolute atomic E-state index is 12.8. The van der Waals surface area contributed by atoms with Crippen molar-refractivity contribution in [1.29, 1.82) is 5.26 Å². The van der Waals surface area contributed by atoms with Crippen LogP contribution in [0, 0.1) is 18.3 Å². The van der Waals surface area contributed by atoms with Gasteiger partial charge in [0.2, 0.25) is 5.91 Å². The Morgan fingerprint density at radius 1 is 1.23 bits per heavy atom. The van der Waals surface area contributed by atoms with Crippen LogP contribution < -0.4 is 5.32 Å². The Bertz CT molecular complexity index is 1120. The van der Waals surface area contributed by atoms with E-state index in [-0.39, 0.29) is 11.3 Å². The molecule has 1 N–H and O–H groups in total. The van der Waals surface area contributed by atoms with Gasteiger partial charge in [0.15, 0.2) is 5.65 Å². The van der Waals surface area contributed by atoms with E-state index in [0.29, 0.717) is 18.6 Å². The summed E-state index contributed by atoms with van der Waals surface area (Å²) < 4.78 is 2.05. The number of benzene rings is 1. The van der Waals surface area contributed by atoms with Crippen LogP contribution in [0.5, 0.6) is 0 Å². The quantitative estimate of drug-likeness (QED) is 0.637. The molecule has 1 aliphatic carbocycles. The van der Waals surface area contributed by atoms with Gasteiger partial charge in [-0.2, -0.15) is 5.26 Å². The average Bonchev–Trinajstić information content (AvgIpc) is 3.13. The van der Waals surface area contributed by atoms with Crippen molar-refractivity contribution in [3.63, 3.8) is 0 Å². The van der Waals surface area contributed by atoms with E-state index in [9.17, 15) is 4.79 Å². The highest BCUT2D eigenvalue weighted by Crippen LogP contribution is 2.48. The average molecular weight is 402 g/mol. The summed E-state index contributed by atoms with van der Waals surface area (Å²) in [7, 11) is 0. The molecule has 6 heteroatoms. The number of aromatic nitrogens is 3. The van der Waals surface area contributed by atoms with Crippen LogP contribution in [-0.4, -0.2) is 27.0 Å². The number of hydrogen-bond donors (Lipinski definition) is 1. The Kier molecular flexibility index (Phi) is 5.07. The van der Waals surface area contributed by atoms with Gasteiger partial charge in [0.05, 0.1) is 23.3 Å². The number of nitriles is 1. The summed E-state index contributed by atoms with van der Waals surface area (Å²) in [6, 6.07) is 14.7. The number of hydrogen-bond acceptors (Lipinski definition) is 4. The molecule has 1 saturated carbocycles. The Hall–Kier alpha value is -3.20. The van der Waals surface area contributed by atoms with E-state index in [0.717, 1.165) is 30.7 Å². The summed E-state index contributed by atoms with van der Waals surface area (Å²) >= 11 is 0. The molecule has 0 aliphatic heterocycles. The molecule has 3 aromatic rings. The fourth-order valence-electron chi connectivity index (χ4n) is 4.35. The molecule has 1 aliphatic rings. The number of amides is 1. The summed E-state index contributed by atoms with van der Waals surface area (Å²) in [5, 5.41) is 20.8. The van der Waals surface area contributed by atoms with Gasteiger partial charge in [-0.15, -0.1) is 10.2 Å². The van der Waals surface area contributed by atoms with Crippen molar-refractivity contribution in [2.75, 3.05) is 6.54 Å². The summed E-state index contributed by atoms with van der Waals surface area (Å²) in [6.07, 6.45) is 5.53. The highest BCUT2D eigenvalue weighted by Gasteiger charge is 2.44. The van der Waals surface area contributed by atoms with Crippen LogP contribution in [0.15, 0.2) is 42.6 Å². The number of carbonyl (C=O) groups is 1. The normalized spacial score (nSPS) is 15.4. The van der Waals surface area contributed by atoms with E-state index in [1.54, 1.807) is 0 Å². The number of fused-ring (bicyclic) bond motifs is 1. The molecule has 4 rings (SSSR count). The molecular formula is C24H27N5O. The number of pyridine rings is 1. The lowest BCUT2D eigenvalue weighted by Crippen LogP contribution is -2.41. The summed E-state index contributed by atoms with van der Waals surface area (Å²) in [6.45, 7) is 6.21. The maximum atomic E-state index is 12.8. The molecular weight excluding hydrogens is 374 g/mol. The van der Waals surface area contributed by atoms with Crippen LogP contribution >= 0.6 is 0 Å². The molecule has 0 atom stereocenters. The highest BCUT2D eigenvalue weighted by atomic mass is 16.2. The van der Waals surface area contributed by atoms with E-state index in [1.165, 1.54) is 11.1 Å². The van der Waals surface area contributed by atoms with Crippen LogP contribution in [0.1, 0.15) is 62.0 Å². The van der Waals surface area contributed by atoms with Crippen molar-refractivity contribution in [3.8, 4) is 6.07 Å². The molecule has 1 aromatic carbocycles. The van der Waals surface area contributed by atoms with Crippen LogP contribution in [0.4, 0.5) is 0 Å². The number of carbonyl (C=O) groups excluding carboxylic acids is 1. The van der Waals surface area contributed by atoms with Crippen LogP contribution in [0.3, 0.4) is 0 Å². The second-order valence-corrected chi connectivity index (χ2v) is 8.73. The first-order chi connectivity index (χ1) is 14.4. The lowest BCUT2D eigenvalue weighted by atomic mass is 9.63. The van der Waals surface area contributed by atoms with Crippen molar-refractivity contribution in [3.05, 3.63) is 65.1 Å². The number of aryl methyl sites for hydroxylation is 1. The summed E-state index contributed by atoms with van der Waals surface area (Å²) in [4.78, 5) is 12.8. The van der Waals surface area contributed by atoms with Crippen molar-refractivity contribution >= 4 is 11.6 Å². The highest BCUT2D eigenvalue weighted by molar-refractivity contribution is 5.89. The third-order valence-corrected chi connectivity index (χ3v) is 6.44. The van der Waals surface area contributed by atoms with E-state index < -0.39 is 5.41 Å². The number of nitrogens with one attached hydrogen (secondary N) is 1. The van der Waals surface area contributed by atoms with Gasteiger partial charge in [-0.05, 0) is 45.2 Å². The van der Waals surface area contributed by atoms with E-state index >= 15 is 0 Å². The number of nitrogens with zero attached hydrogens (tertiary/aromatic N) is 4. The summed E-state index contributed by atoms with van der Waals surface area (Å²) in [5.74, 6) is 0.822. The third-order valence-electron chi connectivity index (χ3n) is 6.44. The molecule has 0 bridgehead atoms. The van der Waals surface area contributed by atoms with Crippen LogP contribution in [0.25, 0.3) is 5.65 Å². The van der Waals surface area contributed by atoms with E-state index in [1.807, 2.05) is 32.2 Å². The van der Waals surface area contributed by atoms with Crippen LogP contribution in [0.2, 0.25) is 0 Å². The zero-order valence-electron chi connectivity index (χ0n) is 17.8. The Labute approximate surface area is 176 Å². The van der Waals surface area contributed by atoms with Gasteiger partial charge in [-0.25, -0.2) is 0 Å². The Balaban J connectivity index is 1.76. The molecule has 30 heavy (non-hydrogen) atoms. The minimum absolute atomic E-state index is 0.118. The smallest absolute Gasteiger partial charge is 0.230 e. The van der Waals surface area contributed by atoms with E-state index in [4.69, 9.17) is 5.26 Å². The molecule has 0 radical (unpaired) electrons. The van der Waals surface area contributed by atoms with Gasteiger partial charge in [-0.3, -0.25) is 9.20 Å². The van der Waals surface area contributed by atoms with Crippen molar-refractivity contribution < 1.29 is 4.79 Å². The van der Waals surface area contributed by atoms with Gasteiger partial charge in [0, 0.05) is 18.3 Å². The Morgan fingerprint density at radius 3 is 2.60 bits per heavy atom. The predicted molar refractivity (Wildman–Crippen MR) is 115 cm³/mol. The first kappa shape index (κ1) is 20.1. The second-order valence-electron chi connectivity index (χ2n) is 8.73. The van der Waals surface area contributed by atoms with Gasteiger partial charge in [0.1, 0.15) is 5.82 Å². The lowest BCUT2D eigenvalue weighted by molar-refractivity contribution is -0.125. The molecule has 0 spiro atoms. The van der Waals surface area contributed by atoms with Crippen molar-refractivity contribution in [2.24, 2.45) is 0 Å². The molecule has 154 valence electrons. The zero-order valence-corrected chi connectivity index (χ0v) is 17.8. The number of rotatable bonds is 6. The monoisotopic (exact) mass is 401 g/mol. The third kappa shape index (κ3) is 3.15. The Morgan fingerprint density at radius 2 is 1.97 bits per heavy atom. The van der Waals surface area contributed by atoms with Crippen molar-refractivity contribution in [1.82, 2.24) is 19.9 Å². The van der Waals surface area contributed by atoms with Crippen LogP contribution in [-0.2, 0) is 15.6 Å². The zero-order chi connectivity index (χ0) is 21.4. The molecule has 0 unspecified atom stereocenters. The SMILES string of the molecule is Cc1ccc(C2(c3nnc4c(C(C)(C)C(=O)NCCC#N)cccn34)CCC2)cc1. The molecule has 1 amide bonds. The fraction of sp³-hybridized carbons (Fsp3) is 0.417. The molecule has 6 nitrogen and oxygen atoms in total. The lowest BCUT2D eigenvalue weighted by Gasteiger charge is -2.41. The predicted octanol–water partition coefficient (Wildman–Crippen LogP) is 3.82. The standard InChI is InChI=1S/C24H27N5O/c1-17-8-10-18(11-9-17)24(12-5-13-24)21-28-27-20-19(7-4-16-29(20)21)23(2,3)22(30)26-15-6-14-25/h4,7-11,16H,5-6,12-13,15H2,1-3H3,(H,26,30). The second kappa shape index (κ2) is 7.56.